The molecule has 2 N–H and O–H groups in total. The predicted octanol–water partition coefficient (Wildman–Crippen LogP) is 5.39. The van der Waals surface area contributed by atoms with Crippen molar-refractivity contribution in [2.45, 2.75) is 44.6 Å². The number of aryl methyl sites for hydroxylation is 2. The lowest BCUT2D eigenvalue weighted by atomic mass is 10.0. The van der Waals surface area contributed by atoms with Crippen LogP contribution in [0.3, 0.4) is 0 Å². The van der Waals surface area contributed by atoms with Crippen molar-refractivity contribution in [1.29, 1.82) is 0 Å². The van der Waals surface area contributed by atoms with E-state index in [1.165, 1.54) is 11.8 Å². The number of amides is 1. The van der Waals surface area contributed by atoms with Gasteiger partial charge in [-0.15, -0.1) is 0 Å². The van der Waals surface area contributed by atoms with E-state index in [0.29, 0.717) is 11.3 Å². The molecule has 0 aliphatic heterocycles. The summed E-state index contributed by atoms with van der Waals surface area (Å²) in [6, 6.07) is 17.3. The highest BCUT2D eigenvalue weighted by Crippen LogP contribution is 2.25. The number of carbonyl (C=O) groups excluding carboxylic acids is 1. The normalized spacial score (nSPS) is 12.3. The molecule has 0 fully saturated rings. The van der Waals surface area contributed by atoms with Crippen molar-refractivity contribution in [3.63, 3.8) is 0 Å². The fourth-order valence-electron chi connectivity index (χ4n) is 3.66. The molecule has 32 heavy (non-hydrogen) atoms. The summed E-state index contributed by atoms with van der Waals surface area (Å²) in [5.41, 5.74) is 5.35. The van der Waals surface area contributed by atoms with Crippen molar-refractivity contribution in [3.05, 3.63) is 82.9 Å². The molecule has 0 aliphatic carbocycles. The zero-order valence-corrected chi connectivity index (χ0v) is 19.5. The zero-order valence-electron chi connectivity index (χ0n) is 18.7. The summed E-state index contributed by atoms with van der Waals surface area (Å²) in [5.74, 6) is 1.44. The fourth-order valence-corrected chi connectivity index (χ4v) is 4.61. The summed E-state index contributed by atoms with van der Waals surface area (Å²) in [6.07, 6.45) is 0. The Morgan fingerprint density at radius 1 is 1.00 bits per heavy atom. The molecule has 0 spiro atoms. The first-order chi connectivity index (χ1) is 15.4. The average Bonchev–Trinajstić information content (AvgIpc) is 3.19. The number of fused-ring (bicyclic) bond motifs is 1. The summed E-state index contributed by atoms with van der Waals surface area (Å²) < 4.78 is 0. The fraction of sp³-hybridized carbons (Fsp3) is 0.280. The molecular weight excluding hydrogens is 418 g/mol. The predicted molar refractivity (Wildman–Crippen MR) is 129 cm³/mol. The van der Waals surface area contributed by atoms with Crippen molar-refractivity contribution in [2.75, 3.05) is 0 Å². The number of hydrogen-bond donors (Lipinski definition) is 2. The molecule has 2 aromatic heterocycles. The van der Waals surface area contributed by atoms with Crippen molar-refractivity contribution in [2.24, 2.45) is 5.92 Å². The lowest BCUT2D eigenvalue weighted by Gasteiger charge is -2.21. The molecule has 0 bridgehead atoms. The smallest absolute Gasteiger partial charge is 0.252 e. The first-order valence-electron chi connectivity index (χ1n) is 10.7. The molecule has 0 radical (unpaired) electrons. The molecule has 2 heterocycles. The third kappa shape index (κ3) is 4.99. The van der Waals surface area contributed by atoms with Crippen LogP contribution < -0.4 is 5.32 Å². The minimum atomic E-state index is -0.224. The van der Waals surface area contributed by atoms with Crippen LogP contribution in [-0.2, 0) is 5.75 Å². The maximum atomic E-state index is 13.3. The maximum absolute atomic E-state index is 13.3. The number of rotatable bonds is 7. The largest absolute Gasteiger partial charge is 0.342 e. The summed E-state index contributed by atoms with van der Waals surface area (Å²) in [6.45, 7) is 8.09. The van der Waals surface area contributed by atoms with E-state index in [1.54, 1.807) is 0 Å². The molecule has 0 aliphatic rings. The van der Waals surface area contributed by atoms with Crippen LogP contribution in [0.1, 0.15) is 53.0 Å². The van der Waals surface area contributed by atoms with Gasteiger partial charge in [0.2, 0.25) is 0 Å². The van der Waals surface area contributed by atoms with Crippen molar-refractivity contribution in [3.8, 4) is 0 Å². The molecule has 7 heteroatoms. The van der Waals surface area contributed by atoms with Gasteiger partial charge in [0.25, 0.3) is 5.91 Å². The molecule has 0 unspecified atom stereocenters. The Balaban J connectivity index is 1.54. The van der Waals surface area contributed by atoms with Crippen molar-refractivity contribution < 1.29 is 4.79 Å². The third-order valence-electron chi connectivity index (χ3n) is 5.24. The number of aromatic nitrogens is 4. The molecule has 2 aromatic carbocycles. The van der Waals surface area contributed by atoms with Crippen LogP contribution in [0.25, 0.3) is 11.0 Å². The quantitative estimate of drug-likeness (QED) is 0.294. The number of benzene rings is 2. The Morgan fingerprint density at radius 2 is 1.69 bits per heavy atom. The molecular formula is C25H27N5OS. The van der Waals surface area contributed by atoms with Gasteiger partial charge < -0.3 is 10.3 Å². The van der Waals surface area contributed by atoms with Gasteiger partial charge in [-0.1, -0.05) is 55.9 Å². The van der Waals surface area contributed by atoms with Gasteiger partial charge in [0.15, 0.2) is 5.16 Å². The van der Waals surface area contributed by atoms with Gasteiger partial charge >= 0.3 is 0 Å². The van der Waals surface area contributed by atoms with E-state index >= 15 is 0 Å². The van der Waals surface area contributed by atoms with Gasteiger partial charge in [0.1, 0.15) is 5.82 Å². The highest BCUT2D eigenvalue weighted by Gasteiger charge is 2.23. The number of para-hydroxylation sites is 2. The lowest BCUT2D eigenvalue weighted by Crippen LogP contribution is -2.33. The molecule has 4 aromatic rings. The topological polar surface area (TPSA) is 83.6 Å². The number of aromatic amines is 1. The van der Waals surface area contributed by atoms with Gasteiger partial charge in [0.05, 0.1) is 17.1 Å². The standard InChI is InChI=1S/C25H27N5OS/c1-15(2)22(23-28-20-11-7-8-12-21(20)29-23)30-24(31)19-10-6-5-9-18(19)14-32-25-26-16(3)13-17(4)27-25/h5-13,15,22H,14H2,1-4H3,(H,28,29)(H,30,31)/t22-/m0/s1. The van der Waals surface area contributed by atoms with Gasteiger partial charge in [-0.2, -0.15) is 0 Å². The van der Waals surface area contributed by atoms with Crippen molar-refractivity contribution >= 4 is 28.7 Å². The van der Waals surface area contributed by atoms with E-state index in [9.17, 15) is 4.79 Å². The Kier molecular flexibility index (Phi) is 6.55. The number of nitrogens with zero attached hydrogens (tertiary/aromatic N) is 3. The van der Waals surface area contributed by atoms with Crippen molar-refractivity contribution in [1.82, 2.24) is 25.3 Å². The first kappa shape index (κ1) is 22.0. The summed E-state index contributed by atoms with van der Waals surface area (Å²) >= 11 is 1.54. The van der Waals surface area contributed by atoms with Crippen LogP contribution in [0.2, 0.25) is 0 Å². The second-order valence-corrected chi connectivity index (χ2v) is 9.16. The molecule has 1 atom stereocenters. The van der Waals surface area contributed by atoms with E-state index in [4.69, 9.17) is 4.98 Å². The SMILES string of the molecule is Cc1cc(C)nc(SCc2ccccc2C(=O)N[C@H](c2nc3ccccc3[nH]2)C(C)C)n1. The second kappa shape index (κ2) is 9.53. The van der Waals surface area contributed by atoms with E-state index in [2.05, 4.69) is 34.1 Å². The van der Waals surface area contributed by atoms with Gasteiger partial charge in [-0.05, 0) is 49.6 Å². The van der Waals surface area contributed by atoms with Crippen LogP contribution in [-0.4, -0.2) is 25.8 Å². The van der Waals surface area contributed by atoms with Gasteiger partial charge in [-0.25, -0.2) is 15.0 Å². The minimum absolute atomic E-state index is 0.110. The minimum Gasteiger partial charge on any atom is -0.342 e. The number of nitrogens with one attached hydrogen (secondary N) is 2. The van der Waals surface area contributed by atoms with Crippen LogP contribution in [0, 0.1) is 19.8 Å². The highest BCUT2D eigenvalue weighted by molar-refractivity contribution is 7.98. The van der Waals surface area contributed by atoms with E-state index in [1.807, 2.05) is 68.4 Å². The Morgan fingerprint density at radius 3 is 2.41 bits per heavy atom. The first-order valence-corrected chi connectivity index (χ1v) is 11.7. The van der Waals surface area contributed by atoms with Crippen LogP contribution in [0.4, 0.5) is 0 Å². The molecule has 0 saturated heterocycles. The highest BCUT2D eigenvalue weighted by atomic mass is 32.2. The monoisotopic (exact) mass is 445 g/mol. The van der Waals surface area contributed by atoms with Crippen LogP contribution >= 0.6 is 11.8 Å². The number of H-pyrrole nitrogens is 1. The number of hydrogen-bond acceptors (Lipinski definition) is 5. The Hall–Kier alpha value is -3.19. The lowest BCUT2D eigenvalue weighted by molar-refractivity contribution is 0.0922. The van der Waals surface area contributed by atoms with Crippen LogP contribution in [0.15, 0.2) is 59.8 Å². The average molecular weight is 446 g/mol. The number of thioether (sulfide) groups is 1. The molecule has 1 amide bonds. The van der Waals surface area contributed by atoms with Gasteiger partial charge in [-0.3, -0.25) is 4.79 Å². The molecule has 0 saturated carbocycles. The maximum Gasteiger partial charge on any atom is 0.252 e. The van der Waals surface area contributed by atoms with Gasteiger partial charge in [0, 0.05) is 22.7 Å². The van der Waals surface area contributed by atoms with E-state index < -0.39 is 0 Å². The number of imidazole rings is 1. The molecule has 4 rings (SSSR count). The number of carbonyl (C=O) groups is 1. The zero-order chi connectivity index (χ0) is 22.7. The summed E-state index contributed by atoms with van der Waals surface area (Å²) in [5, 5.41) is 3.92. The molecule has 164 valence electrons. The Labute approximate surface area is 192 Å². The molecule has 6 nitrogen and oxygen atoms in total. The van der Waals surface area contributed by atoms with E-state index in [0.717, 1.165) is 39.0 Å². The summed E-state index contributed by atoms with van der Waals surface area (Å²) in [4.78, 5) is 30.3. The second-order valence-electron chi connectivity index (χ2n) is 8.21. The summed E-state index contributed by atoms with van der Waals surface area (Å²) in [7, 11) is 0. The Bertz CT molecular complexity index is 1200. The third-order valence-corrected chi connectivity index (χ3v) is 6.13. The van der Waals surface area contributed by atoms with Crippen LogP contribution in [0.5, 0.6) is 0 Å². The van der Waals surface area contributed by atoms with E-state index in [-0.39, 0.29) is 17.9 Å².